The number of hydrogen-bond donors (Lipinski definition) is 3. The second-order valence-corrected chi connectivity index (χ2v) is 7.02. The molecule has 1 amide bonds. The molecule has 0 radical (unpaired) electrons. The summed E-state index contributed by atoms with van der Waals surface area (Å²) in [5, 5.41) is 7.12. The average molecular weight is 383 g/mol. The van der Waals surface area contributed by atoms with Crippen molar-refractivity contribution in [2.24, 2.45) is 16.0 Å². The number of amides is 1. The fourth-order valence-electron chi connectivity index (χ4n) is 3.82. The van der Waals surface area contributed by atoms with E-state index >= 15 is 0 Å². The molecule has 0 saturated heterocycles. The molecule has 3 heterocycles. The Morgan fingerprint density at radius 2 is 2.00 bits per heavy atom. The van der Waals surface area contributed by atoms with E-state index in [1.165, 1.54) is 16.8 Å². The third-order valence-corrected chi connectivity index (χ3v) is 5.46. The van der Waals surface area contributed by atoms with Gasteiger partial charge in [0.15, 0.2) is 0 Å². The van der Waals surface area contributed by atoms with Crippen molar-refractivity contribution in [1.29, 1.82) is 0 Å². The Labute approximate surface area is 166 Å². The zero-order valence-electron chi connectivity index (χ0n) is 17.2. The average Bonchev–Trinajstić information content (AvgIpc) is 3.25. The second kappa shape index (κ2) is 9.01. The van der Waals surface area contributed by atoms with Crippen LogP contribution < -0.4 is 10.7 Å². The number of likely N-dealkylation sites (N-methyl/N-ethyl adjacent to an activating group) is 1. The minimum Gasteiger partial charge on any atom is -0.359 e. The largest absolute Gasteiger partial charge is 0.359 e. The highest BCUT2D eigenvalue weighted by atomic mass is 16.2. The van der Waals surface area contributed by atoms with Gasteiger partial charge in [0.25, 0.3) is 5.91 Å². The zero-order valence-corrected chi connectivity index (χ0v) is 17.2. The van der Waals surface area contributed by atoms with Crippen LogP contribution in [0, 0.1) is 12.8 Å². The number of aromatic amines is 1. The highest BCUT2D eigenvalue weighted by Gasteiger charge is 2.29. The summed E-state index contributed by atoms with van der Waals surface area (Å²) in [6, 6.07) is 0. The van der Waals surface area contributed by atoms with Gasteiger partial charge in [0.05, 0.1) is 11.4 Å². The molecule has 1 aromatic heterocycles. The van der Waals surface area contributed by atoms with Crippen LogP contribution in [-0.2, 0) is 17.6 Å². The van der Waals surface area contributed by atoms with Crippen LogP contribution in [0.5, 0.6) is 0 Å². The summed E-state index contributed by atoms with van der Waals surface area (Å²) in [7, 11) is 0. The molecule has 1 unspecified atom stereocenters. The van der Waals surface area contributed by atoms with Crippen LogP contribution in [0.25, 0.3) is 6.08 Å². The highest BCUT2D eigenvalue weighted by molar-refractivity contribution is 6.24. The van der Waals surface area contributed by atoms with Crippen LogP contribution in [0.3, 0.4) is 0 Å². The molecule has 3 N–H and O–H groups in total. The first-order chi connectivity index (χ1) is 13.6. The molecule has 150 valence electrons. The van der Waals surface area contributed by atoms with Crippen molar-refractivity contribution in [2.45, 2.75) is 40.5 Å². The number of carbonyl (C=O) groups is 1. The van der Waals surface area contributed by atoms with Gasteiger partial charge in [-0.2, -0.15) is 5.10 Å². The maximum Gasteiger partial charge on any atom is 0.254 e. The molecule has 1 atom stereocenters. The van der Waals surface area contributed by atoms with E-state index in [-0.39, 0.29) is 5.91 Å². The Bertz CT molecular complexity index is 841. The highest BCUT2D eigenvalue weighted by Crippen LogP contribution is 2.24. The molecule has 0 aromatic carbocycles. The standard InChI is InChI=1S/C21H30N6O/c1-5-15-16(8-11-27(6-2)7-3)14(4)25-18(15)12-19-20(23-10-9-22-19)17-13-24-26-21(17)28/h9-10,12-13,17,22,25H,5-8,11H2,1-4H3,(H,26,28). The van der Waals surface area contributed by atoms with Crippen molar-refractivity contribution in [1.82, 2.24) is 20.6 Å². The quantitative estimate of drug-likeness (QED) is 0.645. The van der Waals surface area contributed by atoms with E-state index in [1.807, 2.05) is 0 Å². The normalized spacial score (nSPS) is 20.0. The van der Waals surface area contributed by atoms with Gasteiger partial charge in [-0.15, -0.1) is 0 Å². The summed E-state index contributed by atoms with van der Waals surface area (Å²) in [6.07, 6.45) is 9.10. The number of hydrazone groups is 1. The fourth-order valence-corrected chi connectivity index (χ4v) is 3.82. The van der Waals surface area contributed by atoms with E-state index in [0.29, 0.717) is 5.71 Å². The molecule has 2 aliphatic rings. The summed E-state index contributed by atoms with van der Waals surface area (Å²) in [5.41, 5.74) is 9.00. The minimum absolute atomic E-state index is 0.153. The maximum atomic E-state index is 12.1. The summed E-state index contributed by atoms with van der Waals surface area (Å²) in [6.45, 7) is 11.9. The molecule has 0 aliphatic carbocycles. The summed E-state index contributed by atoms with van der Waals surface area (Å²) >= 11 is 0. The van der Waals surface area contributed by atoms with E-state index in [9.17, 15) is 4.79 Å². The smallest absolute Gasteiger partial charge is 0.254 e. The van der Waals surface area contributed by atoms with Gasteiger partial charge in [0.2, 0.25) is 0 Å². The number of H-pyrrole nitrogens is 1. The first-order valence-electron chi connectivity index (χ1n) is 10.1. The van der Waals surface area contributed by atoms with Gasteiger partial charge in [0, 0.05) is 36.5 Å². The topological polar surface area (TPSA) is 84.9 Å². The zero-order chi connectivity index (χ0) is 20.1. The van der Waals surface area contributed by atoms with Gasteiger partial charge in [-0.25, -0.2) is 5.43 Å². The third-order valence-electron chi connectivity index (χ3n) is 5.46. The van der Waals surface area contributed by atoms with E-state index in [1.54, 1.807) is 18.6 Å². The van der Waals surface area contributed by atoms with E-state index < -0.39 is 5.92 Å². The molecule has 0 bridgehead atoms. The van der Waals surface area contributed by atoms with E-state index in [2.05, 4.69) is 64.5 Å². The van der Waals surface area contributed by atoms with Gasteiger partial charge in [0.1, 0.15) is 5.92 Å². The molecular formula is C21H30N6O. The molecular weight excluding hydrogens is 352 g/mol. The van der Waals surface area contributed by atoms with Gasteiger partial charge in [-0.3, -0.25) is 9.79 Å². The van der Waals surface area contributed by atoms with Crippen LogP contribution in [0.4, 0.5) is 0 Å². The number of aryl methyl sites for hydroxylation is 1. The second-order valence-electron chi connectivity index (χ2n) is 7.02. The first kappa shape index (κ1) is 20.1. The number of nitrogens with zero attached hydrogens (tertiary/aromatic N) is 3. The predicted octanol–water partition coefficient (Wildman–Crippen LogP) is 2.36. The van der Waals surface area contributed by atoms with Gasteiger partial charge in [-0.05, 0) is 50.1 Å². The lowest BCUT2D eigenvalue weighted by atomic mass is 9.98. The monoisotopic (exact) mass is 382 g/mol. The van der Waals surface area contributed by atoms with Gasteiger partial charge >= 0.3 is 0 Å². The lowest BCUT2D eigenvalue weighted by Crippen LogP contribution is -2.32. The van der Waals surface area contributed by atoms with Crippen molar-refractivity contribution in [3.8, 4) is 0 Å². The SMILES string of the molecule is CCc1c(C=C2NC=CN=C2C2C=NNC2=O)[nH]c(C)c1CCN(CC)CC. The number of aliphatic imine (C=N–C) groups is 1. The van der Waals surface area contributed by atoms with Crippen molar-refractivity contribution < 1.29 is 4.79 Å². The summed E-state index contributed by atoms with van der Waals surface area (Å²) in [4.78, 5) is 22.5. The van der Waals surface area contributed by atoms with Crippen molar-refractivity contribution in [2.75, 3.05) is 19.6 Å². The predicted molar refractivity (Wildman–Crippen MR) is 114 cm³/mol. The number of allylic oxidation sites excluding steroid dienone is 1. The number of carbonyl (C=O) groups excluding carboxylic acids is 1. The Hall–Kier alpha value is -2.67. The lowest BCUT2D eigenvalue weighted by Gasteiger charge is -2.18. The Kier molecular flexibility index (Phi) is 6.46. The molecule has 7 nitrogen and oxygen atoms in total. The molecule has 2 aliphatic heterocycles. The van der Waals surface area contributed by atoms with Crippen LogP contribution >= 0.6 is 0 Å². The van der Waals surface area contributed by atoms with Crippen molar-refractivity contribution in [3.63, 3.8) is 0 Å². The van der Waals surface area contributed by atoms with E-state index in [0.717, 1.165) is 43.9 Å². The number of nitrogens with one attached hydrogen (secondary N) is 3. The van der Waals surface area contributed by atoms with Crippen LogP contribution in [-0.4, -0.2) is 47.4 Å². The van der Waals surface area contributed by atoms with Crippen molar-refractivity contribution in [3.05, 3.63) is 40.6 Å². The number of hydrogen-bond acceptors (Lipinski definition) is 5. The van der Waals surface area contributed by atoms with Crippen LogP contribution in [0.1, 0.15) is 43.3 Å². The number of aromatic nitrogens is 1. The Balaban J connectivity index is 1.89. The van der Waals surface area contributed by atoms with Crippen LogP contribution in [0.15, 0.2) is 28.2 Å². The third kappa shape index (κ3) is 4.09. The summed E-state index contributed by atoms with van der Waals surface area (Å²) < 4.78 is 0. The molecule has 3 rings (SSSR count). The molecule has 7 heteroatoms. The summed E-state index contributed by atoms with van der Waals surface area (Å²) in [5.74, 6) is -0.619. The molecule has 0 spiro atoms. The van der Waals surface area contributed by atoms with Gasteiger partial charge in [-0.1, -0.05) is 20.8 Å². The van der Waals surface area contributed by atoms with Crippen LogP contribution in [0.2, 0.25) is 0 Å². The lowest BCUT2D eigenvalue weighted by molar-refractivity contribution is -0.120. The molecule has 0 fully saturated rings. The molecule has 1 aromatic rings. The fraction of sp³-hybridized carbons (Fsp3) is 0.476. The Morgan fingerprint density at radius 3 is 2.64 bits per heavy atom. The van der Waals surface area contributed by atoms with Gasteiger partial charge < -0.3 is 15.2 Å². The van der Waals surface area contributed by atoms with E-state index in [4.69, 9.17) is 0 Å². The Morgan fingerprint density at radius 1 is 1.21 bits per heavy atom. The molecule has 0 saturated carbocycles. The minimum atomic E-state index is -0.466. The first-order valence-corrected chi connectivity index (χ1v) is 10.1. The molecule has 28 heavy (non-hydrogen) atoms. The van der Waals surface area contributed by atoms with Crippen molar-refractivity contribution >= 4 is 23.9 Å². The maximum absolute atomic E-state index is 12.1. The number of rotatable bonds is 8.